The first kappa shape index (κ1) is 44.1. The van der Waals surface area contributed by atoms with E-state index in [4.69, 9.17) is 14.2 Å². The SMILES string of the molecule is CC#Cc1cc(C)c(C2=C(O)C3(CCCC(OCCC)C3)NC2=O)c(C)c1.CC#Cc1cc(C)c(CC(=O)NC2(C(=O)OC)CCCC(OCCC)C2)c(C)c1. The summed E-state index contributed by atoms with van der Waals surface area (Å²) < 4.78 is 16.9. The first-order chi connectivity index (χ1) is 26.8. The number of aliphatic hydroxyl groups is 1. The first-order valence-electron chi connectivity index (χ1n) is 20.2. The molecule has 56 heavy (non-hydrogen) atoms. The highest BCUT2D eigenvalue weighted by molar-refractivity contribution is 6.24. The van der Waals surface area contributed by atoms with Crippen molar-refractivity contribution < 1.29 is 33.7 Å². The molecule has 3 aliphatic rings. The molecule has 4 atom stereocenters. The lowest BCUT2D eigenvalue weighted by Gasteiger charge is -2.39. The maximum absolute atomic E-state index is 13.0. The molecule has 4 unspecified atom stereocenters. The molecular formula is C47H62N2O7. The lowest BCUT2D eigenvalue weighted by molar-refractivity contribution is -0.155. The van der Waals surface area contributed by atoms with E-state index in [2.05, 4.69) is 48.2 Å². The molecule has 302 valence electrons. The Kier molecular flexibility index (Phi) is 15.8. The van der Waals surface area contributed by atoms with Crippen molar-refractivity contribution in [2.24, 2.45) is 0 Å². The number of hydrogen-bond acceptors (Lipinski definition) is 7. The van der Waals surface area contributed by atoms with Gasteiger partial charge in [0.25, 0.3) is 5.91 Å². The van der Waals surface area contributed by atoms with E-state index in [1.165, 1.54) is 7.11 Å². The van der Waals surface area contributed by atoms with Gasteiger partial charge < -0.3 is 30.0 Å². The number of aryl methyl sites for hydroxylation is 4. The van der Waals surface area contributed by atoms with Gasteiger partial charge in [-0.2, -0.15) is 0 Å². The molecule has 1 aliphatic heterocycles. The summed E-state index contributed by atoms with van der Waals surface area (Å²) in [5.41, 5.74) is 6.33. The van der Waals surface area contributed by atoms with Crippen molar-refractivity contribution in [3.63, 3.8) is 0 Å². The Balaban J connectivity index is 0.000000249. The van der Waals surface area contributed by atoms with Gasteiger partial charge in [-0.05, 0) is 151 Å². The minimum absolute atomic E-state index is 0.0431. The fourth-order valence-electron chi connectivity index (χ4n) is 8.63. The molecule has 2 amide bonds. The van der Waals surface area contributed by atoms with E-state index >= 15 is 0 Å². The van der Waals surface area contributed by atoms with E-state index < -0.39 is 17.0 Å². The van der Waals surface area contributed by atoms with Gasteiger partial charge in [0.15, 0.2) is 0 Å². The van der Waals surface area contributed by atoms with E-state index in [1.807, 2.05) is 52.0 Å². The third-order valence-corrected chi connectivity index (χ3v) is 11.1. The third-order valence-electron chi connectivity index (χ3n) is 11.1. The summed E-state index contributed by atoms with van der Waals surface area (Å²) >= 11 is 0. The largest absolute Gasteiger partial charge is 0.509 e. The Morgan fingerprint density at radius 2 is 1.36 bits per heavy atom. The van der Waals surface area contributed by atoms with Crippen LogP contribution in [0.3, 0.4) is 0 Å². The van der Waals surface area contributed by atoms with E-state index in [-0.39, 0.29) is 36.2 Å². The molecule has 9 nitrogen and oxygen atoms in total. The van der Waals surface area contributed by atoms with E-state index in [9.17, 15) is 19.5 Å². The van der Waals surface area contributed by atoms with Crippen LogP contribution in [0, 0.1) is 51.4 Å². The first-order valence-corrected chi connectivity index (χ1v) is 20.2. The lowest BCUT2D eigenvalue weighted by Crippen LogP contribution is -2.59. The Hall–Kier alpha value is -4.57. The summed E-state index contributed by atoms with van der Waals surface area (Å²) in [6, 6.07) is 7.95. The second-order valence-electron chi connectivity index (χ2n) is 15.6. The van der Waals surface area contributed by atoms with Gasteiger partial charge in [-0.3, -0.25) is 9.59 Å². The Morgan fingerprint density at radius 3 is 1.88 bits per heavy atom. The van der Waals surface area contributed by atoms with Gasteiger partial charge >= 0.3 is 5.97 Å². The molecule has 2 saturated carbocycles. The van der Waals surface area contributed by atoms with Crippen LogP contribution >= 0.6 is 0 Å². The maximum atomic E-state index is 13.0. The highest BCUT2D eigenvalue weighted by Crippen LogP contribution is 2.43. The minimum atomic E-state index is -1.02. The number of aliphatic hydroxyl groups excluding tert-OH is 1. The summed E-state index contributed by atoms with van der Waals surface area (Å²) in [5, 5.41) is 17.3. The number of benzene rings is 2. The van der Waals surface area contributed by atoms with Crippen LogP contribution < -0.4 is 10.6 Å². The number of nitrogens with one attached hydrogen (secondary N) is 2. The van der Waals surface area contributed by atoms with Crippen LogP contribution in [0.2, 0.25) is 0 Å². The average Bonchev–Trinajstić information content (AvgIpc) is 3.38. The topological polar surface area (TPSA) is 123 Å². The number of ether oxygens (including phenoxy) is 3. The van der Waals surface area contributed by atoms with Crippen molar-refractivity contribution in [2.75, 3.05) is 20.3 Å². The summed E-state index contributed by atoms with van der Waals surface area (Å²) in [6.07, 6.45) is 8.15. The van der Waals surface area contributed by atoms with E-state index in [0.29, 0.717) is 38.0 Å². The number of esters is 1. The van der Waals surface area contributed by atoms with Crippen molar-refractivity contribution in [1.29, 1.82) is 0 Å². The Bertz CT molecular complexity index is 1880. The summed E-state index contributed by atoms with van der Waals surface area (Å²) in [5.74, 6) is 11.4. The van der Waals surface area contributed by atoms with Gasteiger partial charge in [0.1, 0.15) is 16.8 Å². The van der Waals surface area contributed by atoms with Crippen molar-refractivity contribution in [3.05, 3.63) is 74.5 Å². The average molecular weight is 767 g/mol. The Labute approximate surface area is 334 Å². The molecule has 0 radical (unpaired) electrons. The molecule has 0 aromatic heterocycles. The number of methoxy groups -OCH3 is 1. The number of carbonyl (C=O) groups is 3. The van der Waals surface area contributed by atoms with Crippen LogP contribution in [-0.2, 0) is 35.0 Å². The van der Waals surface area contributed by atoms with Gasteiger partial charge in [-0.15, -0.1) is 11.8 Å². The number of hydrogen-bond donors (Lipinski definition) is 3. The smallest absolute Gasteiger partial charge is 0.331 e. The fraction of sp³-hybridized carbons (Fsp3) is 0.553. The highest BCUT2D eigenvalue weighted by Gasteiger charge is 2.49. The highest BCUT2D eigenvalue weighted by atomic mass is 16.5. The lowest BCUT2D eigenvalue weighted by atomic mass is 9.78. The predicted octanol–water partition coefficient (Wildman–Crippen LogP) is 7.80. The number of rotatable bonds is 11. The normalized spacial score (nSPS) is 22.8. The molecule has 2 fully saturated rings. The maximum Gasteiger partial charge on any atom is 0.331 e. The minimum Gasteiger partial charge on any atom is -0.509 e. The van der Waals surface area contributed by atoms with Crippen LogP contribution in [0.15, 0.2) is 30.0 Å². The third kappa shape index (κ3) is 10.4. The summed E-state index contributed by atoms with van der Waals surface area (Å²) in [6.45, 7) is 17.0. The monoisotopic (exact) mass is 766 g/mol. The van der Waals surface area contributed by atoms with Crippen molar-refractivity contribution in [3.8, 4) is 23.7 Å². The van der Waals surface area contributed by atoms with Crippen LogP contribution in [0.5, 0.6) is 0 Å². The molecule has 0 bridgehead atoms. The van der Waals surface area contributed by atoms with Crippen molar-refractivity contribution in [2.45, 2.75) is 149 Å². The quantitative estimate of drug-likeness (QED) is 0.158. The molecule has 5 rings (SSSR count). The zero-order valence-corrected chi connectivity index (χ0v) is 35.1. The second-order valence-corrected chi connectivity index (χ2v) is 15.6. The van der Waals surface area contributed by atoms with Crippen LogP contribution in [0.25, 0.3) is 5.57 Å². The van der Waals surface area contributed by atoms with Crippen LogP contribution in [0.1, 0.15) is 136 Å². The fourth-order valence-corrected chi connectivity index (χ4v) is 8.63. The van der Waals surface area contributed by atoms with Gasteiger partial charge in [0.05, 0.1) is 31.3 Å². The van der Waals surface area contributed by atoms with Crippen LogP contribution in [-0.4, -0.2) is 66.5 Å². The molecule has 2 aliphatic carbocycles. The second kappa shape index (κ2) is 20.0. The van der Waals surface area contributed by atoms with E-state index in [1.54, 1.807) is 13.8 Å². The molecule has 1 spiro atoms. The molecule has 2 aromatic carbocycles. The van der Waals surface area contributed by atoms with E-state index in [0.717, 1.165) is 89.5 Å². The van der Waals surface area contributed by atoms with Crippen molar-refractivity contribution >= 4 is 23.4 Å². The molecule has 9 heteroatoms. The van der Waals surface area contributed by atoms with Gasteiger partial charge in [0.2, 0.25) is 5.91 Å². The number of amides is 2. The van der Waals surface area contributed by atoms with Gasteiger partial charge in [-0.1, -0.05) is 25.7 Å². The molecule has 0 saturated heterocycles. The van der Waals surface area contributed by atoms with Gasteiger partial charge in [-0.25, -0.2) is 4.79 Å². The molecule has 1 heterocycles. The standard InChI is InChI=1S/C24H33NO4.C23H29NO3/c1-6-9-19-13-17(3)21(18(4)14-19)15-22(26)25-24(23(27)28-5)11-8-10-20(16-24)29-12-7-2;1-5-8-17-12-15(3)19(16(4)13-17)20-21(25)23(24-22(20)26)10-7-9-18(14-23)27-11-6-2/h13-14,20H,7-8,10-12,15-16H2,1-5H3,(H,25,26);12-13,18,25H,6-7,9-11,14H2,1-4H3,(H,24,26). The molecule has 3 N–H and O–H groups in total. The summed E-state index contributed by atoms with van der Waals surface area (Å²) in [7, 11) is 1.37. The zero-order chi connectivity index (χ0) is 41.0. The summed E-state index contributed by atoms with van der Waals surface area (Å²) in [4.78, 5) is 38.5. The molecule has 2 aromatic rings. The van der Waals surface area contributed by atoms with Gasteiger partial charge in [0, 0.05) is 37.2 Å². The predicted molar refractivity (Wildman–Crippen MR) is 221 cm³/mol. The Morgan fingerprint density at radius 1 is 0.839 bits per heavy atom. The molecular weight excluding hydrogens is 705 g/mol. The number of carbonyl (C=O) groups excluding carboxylic acids is 3. The van der Waals surface area contributed by atoms with Crippen molar-refractivity contribution in [1.82, 2.24) is 10.6 Å². The van der Waals surface area contributed by atoms with Crippen LogP contribution in [0.4, 0.5) is 0 Å². The zero-order valence-electron chi connectivity index (χ0n) is 35.1.